The molecule has 0 unspecified atom stereocenters. The summed E-state index contributed by atoms with van der Waals surface area (Å²) in [6, 6.07) is 9.55. The fourth-order valence-electron chi connectivity index (χ4n) is 2.69. The number of likely N-dealkylation sites (tertiary alicyclic amines) is 1. The normalized spacial score (nSPS) is 15.0. The lowest BCUT2D eigenvalue weighted by Crippen LogP contribution is -2.45. The highest BCUT2D eigenvalue weighted by molar-refractivity contribution is 5.91. The molecule has 2 rings (SSSR count). The highest BCUT2D eigenvalue weighted by Gasteiger charge is 2.25. The van der Waals surface area contributed by atoms with Crippen LogP contribution < -0.4 is 4.90 Å². The summed E-state index contributed by atoms with van der Waals surface area (Å²) in [5, 5.41) is 17.7. The quantitative estimate of drug-likeness (QED) is 0.925. The number of hydrogen-bond donors (Lipinski definition) is 1. The number of piperidine rings is 1. The summed E-state index contributed by atoms with van der Waals surface area (Å²) in [5.41, 5.74) is 1.65. The van der Waals surface area contributed by atoms with E-state index in [9.17, 15) is 9.59 Å². The van der Waals surface area contributed by atoms with Crippen LogP contribution in [-0.2, 0) is 11.2 Å². The van der Waals surface area contributed by atoms with Crippen molar-refractivity contribution in [1.29, 1.82) is 5.26 Å². The van der Waals surface area contributed by atoms with Crippen LogP contribution in [0.1, 0.15) is 24.8 Å². The monoisotopic (exact) mass is 315 g/mol. The van der Waals surface area contributed by atoms with E-state index in [4.69, 9.17) is 10.4 Å². The van der Waals surface area contributed by atoms with E-state index in [0.29, 0.717) is 32.4 Å². The molecule has 0 aromatic heterocycles. The van der Waals surface area contributed by atoms with Crippen LogP contribution >= 0.6 is 0 Å². The molecule has 0 bridgehead atoms. The second kappa shape index (κ2) is 7.63. The number of nitrogens with zero attached hydrogens (tertiary/aromatic N) is 3. The summed E-state index contributed by atoms with van der Waals surface area (Å²) >= 11 is 0. The molecule has 1 saturated heterocycles. The SMILES string of the molecule is CN(C(=O)N1CCC(C#N)CC1)c1cccc(CCC(=O)O)c1. The number of anilines is 1. The Morgan fingerprint density at radius 3 is 2.70 bits per heavy atom. The van der Waals surface area contributed by atoms with Gasteiger partial charge < -0.3 is 10.0 Å². The highest BCUT2D eigenvalue weighted by Crippen LogP contribution is 2.21. The largest absolute Gasteiger partial charge is 0.481 e. The Balaban J connectivity index is 2.00. The summed E-state index contributed by atoms with van der Waals surface area (Å²) in [7, 11) is 1.72. The van der Waals surface area contributed by atoms with Crippen molar-refractivity contribution < 1.29 is 14.7 Å². The number of nitriles is 1. The standard InChI is InChI=1S/C17H21N3O3/c1-19(17(23)20-9-7-14(12-18)8-10-20)15-4-2-3-13(11-15)5-6-16(21)22/h2-4,11,14H,5-10H2,1H3,(H,21,22). The number of urea groups is 1. The smallest absolute Gasteiger partial charge is 0.324 e. The summed E-state index contributed by atoms with van der Waals surface area (Å²) in [6.07, 6.45) is 1.95. The molecule has 0 radical (unpaired) electrons. The average molecular weight is 315 g/mol. The summed E-state index contributed by atoms with van der Waals surface area (Å²) < 4.78 is 0. The predicted molar refractivity (Wildman–Crippen MR) is 86.1 cm³/mol. The molecule has 23 heavy (non-hydrogen) atoms. The van der Waals surface area contributed by atoms with Crippen LogP contribution in [0.3, 0.4) is 0 Å². The number of carbonyl (C=O) groups excluding carboxylic acids is 1. The lowest BCUT2D eigenvalue weighted by molar-refractivity contribution is -0.136. The first kappa shape index (κ1) is 16.8. The average Bonchev–Trinajstić information content (AvgIpc) is 2.59. The van der Waals surface area contributed by atoms with Gasteiger partial charge in [-0.05, 0) is 37.0 Å². The van der Waals surface area contributed by atoms with Crippen molar-refractivity contribution in [3.8, 4) is 6.07 Å². The highest BCUT2D eigenvalue weighted by atomic mass is 16.4. The summed E-state index contributed by atoms with van der Waals surface area (Å²) in [5.74, 6) is -0.788. The van der Waals surface area contributed by atoms with E-state index < -0.39 is 5.97 Å². The van der Waals surface area contributed by atoms with Gasteiger partial charge in [0.2, 0.25) is 0 Å². The number of hydrogen-bond acceptors (Lipinski definition) is 3. The molecular weight excluding hydrogens is 294 g/mol. The van der Waals surface area contributed by atoms with Crippen molar-refractivity contribution in [3.05, 3.63) is 29.8 Å². The molecule has 0 saturated carbocycles. The molecule has 0 aliphatic carbocycles. The molecule has 1 aromatic carbocycles. The van der Waals surface area contributed by atoms with Crippen molar-refractivity contribution in [2.45, 2.75) is 25.7 Å². The molecule has 1 N–H and O–H groups in total. The molecular formula is C17H21N3O3. The van der Waals surface area contributed by atoms with Crippen molar-refractivity contribution in [3.63, 3.8) is 0 Å². The molecule has 2 amide bonds. The molecule has 1 aromatic rings. The fourth-order valence-corrected chi connectivity index (χ4v) is 2.69. The Kier molecular flexibility index (Phi) is 5.58. The Hall–Kier alpha value is -2.55. The third kappa shape index (κ3) is 4.46. The molecule has 6 heteroatoms. The van der Waals surface area contributed by atoms with E-state index in [-0.39, 0.29) is 18.4 Å². The van der Waals surface area contributed by atoms with Gasteiger partial charge in [-0.3, -0.25) is 9.69 Å². The second-order valence-corrected chi connectivity index (χ2v) is 5.80. The molecule has 1 aliphatic heterocycles. The minimum atomic E-state index is -0.833. The molecule has 6 nitrogen and oxygen atoms in total. The Morgan fingerprint density at radius 1 is 1.39 bits per heavy atom. The number of aryl methyl sites for hydroxylation is 1. The molecule has 1 heterocycles. The number of benzene rings is 1. The van der Waals surface area contributed by atoms with Gasteiger partial charge in [0, 0.05) is 38.2 Å². The zero-order valence-corrected chi connectivity index (χ0v) is 13.2. The molecule has 122 valence electrons. The molecule has 0 atom stereocenters. The first-order chi connectivity index (χ1) is 11.0. The molecule has 1 fully saturated rings. The maximum absolute atomic E-state index is 12.5. The third-order valence-corrected chi connectivity index (χ3v) is 4.16. The van der Waals surface area contributed by atoms with Gasteiger partial charge in [0.15, 0.2) is 0 Å². The fraction of sp³-hybridized carbons (Fsp3) is 0.471. The topological polar surface area (TPSA) is 84.6 Å². The number of carboxylic acids is 1. The van der Waals surface area contributed by atoms with Gasteiger partial charge in [0.1, 0.15) is 0 Å². The van der Waals surface area contributed by atoms with Crippen molar-refractivity contribution in [1.82, 2.24) is 4.90 Å². The maximum atomic E-state index is 12.5. The van der Waals surface area contributed by atoms with Crippen LogP contribution in [0.4, 0.5) is 10.5 Å². The van der Waals surface area contributed by atoms with E-state index in [1.165, 1.54) is 0 Å². The lowest BCUT2D eigenvalue weighted by atomic mass is 9.99. The number of carbonyl (C=O) groups is 2. The number of carboxylic acid groups (broad SMARTS) is 1. The Morgan fingerprint density at radius 2 is 2.09 bits per heavy atom. The van der Waals surface area contributed by atoms with E-state index in [0.717, 1.165) is 11.3 Å². The number of amides is 2. The second-order valence-electron chi connectivity index (χ2n) is 5.80. The third-order valence-electron chi connectivity index (χ3n) is 4.16. The van der Waals surface area contributed by atoms with E-state index in [1.807, 2.05) is 24.3 Å². The van der Waals surface area contributed by atoms with Crippen LogP contribution in [0, 0.1) is 17.2 Å². The van der Waals surface area contributed by atoms with Crippen molar-refractivity contribution in [2.75, 3.05) is 25.0 Å². The maximum Gasteiger partial charge on any atom is 0.324 e. The van der Waals surface area contributed by atoms with Gasteiger partial charge in [-0.1, -0.05) is 12.1 Å². The van der Waals surface area contributed by atoms with E-state index in [2.05, 4.69) is 6.07 Å². The van der Waals surface area contributed by atoms with Crippen LogP contribution in [0.15, 0.2) is 24.3 Å². The Bertz CT molecular complexity index is 616. The first-order valence-corrected chi connectivity index (χ1v) is 7.74. The number of rotatable bonds is 4. The predicted octanol–water partition coefficient (Wildman–Crippen LogP) is 2.50. The van der Waals surface area contributed by atoms with Gasteiger partial charge in [-0.2, -0.15) is 5.26 Å². The van der Waals surface area contributed by atoms with Gasteiger partial charge in [0.05, 0.1) is 6.07 Å². The van der Waals surface area contributed by atoms with Crippen LogP contribution in [0.5, 0.6) is 0 Å². The summed E-state index contributed by atoms with van der Waals surface area (Å²) in [6.45, 7) is 1.19. The van der Waals surface area contributed by atoms with Crippen LogP contribution in [0.25, 0.3) is 0 Å². The van der Waals surface area contributed by atoms with E-state index >= 15 is 0 Å². The molecule has 0 spiro atoms. The van der Waals surface area contributed by atoms with Crippen molar-refractivity contribution in [2.24, 2.45) is 5.92 Å². The number of aliphatic carboxylic acids is 1. The first-order valence-electron chi connectivity index (χ1n) is 7.74. The zero-order chi connectivity index (χ0) is 16.8. The van der Waals surface area contributed by atoms with Crippen molar-refractivity contribution >= 4 is 17.7 Å². The lowest BCUT2D eigenvalue weighted by Gasteiger charge is -2.32. The minimum absolute atomic E-state index is 0.0451. The van der Waals surface area contributed by atoms with Crippen LogP contribution in [-0.4, -0.2) is 42.1 Å². The van der Waals surface area contributed by atoms with Gasteiger partial charge in [-0.25, -0.2) is 4.79 Å². The van der Waals surface area contributed by atoms with Crippen LogP contribution in [0.2, 0.25) is 0 Å². The minimum Gasteiger partial charge on any atom is -0.481 e. The molecule has 1 aliphatic rings. The summed E-state index contributed by atoms with van der Waals surface area (Å²) in [4.78, 5) is 26.6. The van der Waals surface area contributed by atoms with Gasteiger partial charge >= 0.3 is 12.0 Å². The van der Waals surface area contributed by atoms with Gasteiger partial charge in [0.25, 0.3) is 0 Å². The Labute approximate surface area is 135 Å². The zero-order valence-electron chi connectivity index (χ0n) is 13.2. The van der Waals surface area contributed by atoms with Gasteiger partial charge in [-0.15, -0.1) is 0 Å². The van der Waals surface area contributed by atoms with E-state index in [1.54, 1.807) is 16.8 Å².